The topological polar surface area (TPSA) is 112 Å². The molecule has 0 saturated carbocycles. The van der Waals surface area contributed by atoms with Crippen molar-refractivity contribution in [3.8, 4) is 22.9 Å². The number of benzene rings is 2. The maximum Gasteiger partial charge on any atom is 0.328 e. The minimum Gasteiger partial charge on any atom is -0.454 e. The van der Waals surface area contributed by atoms with Crippen LogP contribution in [-0.2, 0) is 13.0 Å². The molecule has 9 heteroatoms. The quantitative estimate of drug-likeness (QED) is 0.565. The Bertz CT molecular complexity index is 1330. The fourth-order valence-corrected chi connectivity index (χ4v) is 3.23. The van der Waals surface area contributed by atoms with E-state index >= 15 is 0 Å². The number of hydrogen-bond donors (Lipinski definition) is 1. The van der Waals surface area contributed by atoms with E-state index in [1.54, 1.807) is 12.1 Å². The maximum absolute atomic E-state index is 12.8. The summed E-state index contributed by atoms with van der Waals surface area (Å²) in [6, 6.07) is 10.9. The van der Waals surface area contributed by atoms with Gasteiger partial charge in [0.15, 0.2) is 11.5 Å². The van der Waals surface area contributed by atoms with Gasteiger partial charge in [-0.05, 0) is 13.0 Å². The van der Waals surface area contributed by atoms with Gasteiger partial charge in [-0.15, -0.1) is 0 Å². The first-order valence-corrected chi connectivity index (χ1v) is 9.04. The van der Waals surface area contributed by atoms with Gasteiger partial charge in [0.2, 0.25) is 18.5 Å². The van der Waals surface area contributed by atoms with Gasteiger partial charge in [-0.1, -0.05) is 35.0 Å². The minimum atomic E-state index is -0.514. The number of aryl methyl sites for hydroxylation is 2. The molecule has 0 bridgehead atoms. The molecule has 2 aromatic carbocycles. The predicted molar refractivity (Wildman–Crippen MR) is 103 cm³/mol. The summed E-state index contributed by atoms with van der Waals surface area (Å²) in [5.74, 6) is 1.79. The van der Waals surface area contributed by atoms with Crippen LogP contribution in [0.3, 0.4) is 0 Å². The molecule has 4 aromatic rings. The van der Waals surface area contributed by atoms with Gasteiger partial charge in [0.1, 0.15) is 0 Å². The van der Waals surface area contributed by atoms with Crippen LogP contribution in [0.4, 0.5) is 0 Å². The molecule has 1 N–H and O–H groups in total. The summed E-state index contributed by atoms with van der Waals surface area (Å²) in [6.45, 7) is 2.19. The summed E-state index contributed by atoms with van der Waals surface area (Å²) in [7, 11) is 0. The van der Waals surface area contributed by atoms with E-state index in [4.69, 9.17) is 14.0 Å². The van der Waals surface area contributed by atoms with Crippen LogP contribution in [0, 0.1) is 6.92 Å². The fraction of sp³-hybridized carbons (Fsp3) is 0.200. The molecule has 0 fully saturated rings. The zero-order valence-electron chi connectivity index (χ0n) is 15.5. The molecule has 0 aliphatic carbocycles. The van der Waals surface area contributed by atoms with Gasteiger partial charge in [-0.2, -0.15) is 4.98 Å². The van der Waals surface area contributed by atoms with E-state index in [1.165, 1.54) is 0 Å². The molecule has 0 spiro atoms. The third kappa shape index (κ3) is 3.06. The highest BCUT2D eigenvalue weighted by Crippen LogP contribution is 2.34. The zero-order valence-corrected chi connectivity index (χ0v) is 15.5. The molecule has 29 heavy (non-hydrogen) atoms. The summed E-state index contributed by atoms with van der Waals surface area (Å²) in [5.41, 5.74) is 1.44. The Kier molecular flexibility index (Phi) is 3.94. The van der Waals surface area contributed by atoms with Crippen molar-refractivity contribution in [2.24, 2.45) is 0 Å². The van der Waals surface area contributed by atoms with E-state index in [9.17, 15) is 9.59 Å². The van der Waals surface area contributed by atoms with Crippen LogP contribution >= 0.6 is 0 Å². The van der Waals surface area contributed by atoms with E-state index in [0.717, 1.165) is 15.7 Å². The minimum absolute atomic E-state index is 0.0879. The smallest absolute Gasteiger partial charge is 0.328 e. The molecule has 0 radical (unpaired) electrons. The van der Waals surface area contributed by atoms with Crippen molar-refractivity contribution in [3.63, 3.8) is 0 Å². The van der Waals surface area contributed by atoms with Crippen molar-refractivity contribution in [1.29, 1.82) is 0 Å². The molecule has 2 aromatic heterocycles. The van der Waals surface area contributed by atoms with E-state index in [2.05, 4.69) is 15.1 Å². The Morgan fingerprint density at radius 1 is 1.10 bits per heavy atom. The lowest BCUT2D eigenvalue weighted by Gasteiger charge is -2.06. The van der Waals surface area contributed by atoms with Gasteiger partial charge in [0.05, 0.1) is 10.9 Å². The lowest BCUT2D eigenvalue weighted by Crippen LogP contribution is -2.35. The Hall–Kier alpha value is -3.88. The van der Waals surface area contributed by atoms with Crippen molar-refractivity contribution in [2.75, 3.05) is 6.79 Å². The van der Waals surface area contributed by atoms with Crippen LogP contribution in [0.15, 0.2) is 50.5 Å². The highest BCUT2D eigenvalue weighted by Gasteiger charge is 2.18. The first kappa shape index (κ1) is 17.2. The Morgan fingerprint density at radius 3 is 2.66 bits per heavy atom. The Morgan fingerprint density at radius 2 is 1.86 bits per heavy atom. The molecular formula is C20H16N4O5. The lowest BCUT2D eigenvalue weighted by molar-refractivity contribution is 0.174. The van der Waals surface area contributed by atoms with Gasteiger partial charge >= 0.3 is 5.69 Å². The van der Waals surface area contributed by atoms with E-state index in [-0.39, 0.29) is 19.8 Å². The van der Waals surface area contributed by atoms with Crippen molar-refractivity contribution >= 4 is 10.9 Å². The van der Waals surface area contributed by atoms with E-state index in [0.29, 0.717) is 34.1 Å². The van der Waals surface area contributed by atoms with Crippen molar-refractivity contribution < 1.29 is 14.0 Å². The maximum atomic E-state index is 12.8. The SMILES string of the molecule is Cc1ccc(-c2noc(CCn3c(=O)[nH]c4cc5c(cc4c3=O)OCO5)n2)cc1. The average molecular weight is 392 g/mol. The van der Waals surface area contributed by atoms with Crippen molar-refractivity contribution in [2.45, 2.75) is 19.9 Å². The second-order valence-electron chi connectivity index (χ2n) is 6.77. The number of H-pyrrole nitrogens is 1. The molecule has 9 nitrogen and oxygen atoms in total. The molecule has 0 atom stereocenters. The van der Waals surface area contributed by atoms with Crippen molar-refractivity contribution in [1.82, 2.24) is 19.7 Å². The number of aromatic amines is 1. The number of nitrogens with one attached hydrogen (secondary N) is 1. The summed E-state index contributed by atoms with van der Waals surface area (Å²) < 4.78 is 17.0. The molecule has 1 aliphatic rings. The standard InChI is InChI=1S/C20H16N4O5/c1-11-2-4-12(5-3-11)18-22-17(29-23-18)6-7-24-19(25)13-8-15-16(28-10-27-15)9-14(13)21-20(24)26/h2-5,8-9H,6-7,10H2,1H3,(H,21,26). The van der Waals surface area contributed by atoms with Crippen LogP contribution < -0.4 is 20.7 Å². The summed E-state index contributed by atoms with van der Waals surface area (Å²) in [6.07, 6.45) is 0.248. The fourth-order valence-electron chi connectivity index (χ4n) is 3.23. The second-order valence-corrected chi connectivity index (χ2v) is 6.77. The number of aromatic nitrogens is 4. The highest BCUT2D eigenvalue weighted by atomic mass is 16.7. The van der Waals surface area contributed by atoms with Crippen LogP contribution in [0.2, 0.25) is 0 Å². The van der Waals surface area contributed by atoms with Gasteiger partial charge in [-0.25, -0.2) is 4.79 Å². The number of rotatable bonds is 4. The first-order valence-electron chi connectivity index (χ1n) is 9.04. The number of fused-ring (bicyclic) bond motifs is 2. The van der Waals surface area contributed by atoms with Gasteiger partial charge in [0.25, 0.3) is 5.56 Å². The average Bonchev–Trinajstić information content (AvgIpc) is 3.36. The van der Waals surface area contributed by atoms with Crippen LogP contribution in [0.1, 0.15) is 11.5 Å². The zero-order chi connectivity index (χ0) is 20.0. The molecule has 0 amide bonds. The normalized spacial score (nSPS) is 12.6. The van der Waals surface area contributed by atoms with Gasteiger partial charge < -0.3 is 19.0 Å². The van der Waals surface area contributed by atoms with Crippen LogP contribution in [0.25, 0.3) is 22.3 Å². The Balaban J connectivity index is 1.42. The second kappa shape index (κ2) is 6.62. The van der Waals surface area contributed by atoms with Gasteiger partial charge in [0, 0.05) is 24.6 Å². The molecule has 0 unspecified atom stereocenters. The van der Waals surface area contributed by atoms with Gasteiger partial charge in [-0.3, -0.25) is 9.36 Å². The first-order chi connectivity index (χ1) is 14.1. The molecule has 146 valence electrons. The largest absolute Gasteiger partial charge is 0.454 e. The van der Waals surface area contributed by atoms with Crippen molar-refractivity contribution in [3.05, 3.63) is 68.7 Å². The number of hydrogen-bond acceptors (Lipinski definition) is 7. The molecule has 5 rings (SSSR count). The molecule has 1 aliphatic heterocycles. The summed E-state index contributed by atoms with van der Waals surface area (Å²) in [4.78, 5) is 32.3. The summed E-state index contributed by atoms with van der Waals surface area (Å²) in [5, 5.41) is 4.32. The number of nitrogens with zero attached hydrogens (tertiary/aromatic N) is 3. The third-order valence-electron chi connectivity index (χ3n) is 4.80. The van der Waals surface area contributed by atoms with E-state index < -0.39 is 11.2 Å². The highest BCUT2D eigenvalue weighted by molar-refractivity contribution is 5.81. The predicted octanol–water partition coefficient (Wildman–Crippen LogP) is 2.02. The third-order valence-corrected chi connectivity index (χ3v) is 4.80. The van der Waals surface area contributed by atoms with E-state index in [1.807, 2.05) is 31.2 Å². The number of ether oxygens (including phenoxy) is 2. The molecular weight excluding hydrogens is 376 g/mol. The van der Waals surface area contributed by atoms with Crippen LogP contribution in [0.5, 0.6) is 11.5 Å². The monoisotopic (exact) mass is 392 g/mol. The molecule has 0 saturated heterocycles. The lowest BCUT2D eigenvalue weighted by atomic mass is 10.1. The van der Waals surface area contributed by atoms with Crippen LogP contribution in [-0.4, -0.2) is 26.5 Å². The summed E-state index contributed by atoms with van der Waals surface area (Å²) >= 11 is 0. The Labute approximate surface area is 163 Å². The molecule has 3 heterocycles.